The molecule has 1 saturated carbocycles. The highest BCUT2D eigenvalue weighted by molar-refractivity contribution is 7.13. The standard InChI is InChI=1S/C25H22ClNO2S.C2H5NO/c26-20-10-8-18(9-11-20)19-5-3-4-17(14-19)16-29-22-12-13-23-24(15-22)30-27(25(23)28)21-6-1-2-7-21;1-3-2-4/h3-5,8-15,21H,1-2,6-7,16H2;2H,1H3,(H,3,4). The number of nitrogens with one attached hydrogen (secondary N) is 1. The monoisotopic (exact) mass is 494 g/mol. The molecule has 0 aliphatic heterocycles. The highest BCUT2D eigenvalue weighted by Crippen LogP contribution is 2.33. The first-order valence-corrected chi connectivity index (χ1v) is 12.5. The highest BCUT2D eigenvalue weighted by atomic mass is 35.5. The van der Waals surface area contributed by atoms with E-state index in [0.29, 0.717) is 19.1 Å². The Bertz CT molecular complexity index is 1310. The second kappa shape index (κ2) is 11.4. The minimum atomic E-state index is 0.143. The van der Waals surface area contributed by atoms with E-state index in [4.69, 9.17) is 21.1 Å². The number of aromatic nitrogens is 1. The van der Waals surface area contributed by atoms with Gasteiger partial charge in [-0.15, -0.1) is 0 Å². The molecule has 1 aromatic heterocycles. The SMILES string of the molecule is CNC=O.O=c1c2ccc(OCc3cccc(-c4ccc(Cl)cc4)c3)cc2sn1C1CCCC1. The molecule has 0 radical (unpaired) electrons. The lowest BCUT2D eigenvalue weighted by molar-refractivity contribution is -0.109. The van der Waals surface area contributed by atoms with Crippen LogP contribution in [0.25, 0.3) is 21.2 Å². The Morgan fingerprint density at radius 1 is 1.06 bits per heavy atom. The van der Waals surface area contributed by atoms with Gasteiger partial charge in [-0.25, -0.2) is 0 Å². The van der Waals surface area contributed by atoms with Crippen LogP contribution in [0.5, 0.6) is 5.75 Å². The molecular weight excluding hydrogens is 468 g/mol. The molecule has 0 unspecified atom stereocenters. The molecule has 34 heavy (non-hydrogen) atoms. The van der Waals surface area contributed by atoms with Crippen molar-refractivity contribution in [3.8, 4) is 16.9 Å². The average Bonchev–Trinajstić information content (AvgIpc) is 3.51. The molecule has 0 saturated heterocycles. The second-order valence-electron chi connectivity index (χ2n) is 8.22. The van der Waals surface area contributed by atoms with E-state index in [0.717, 1.165) is 50.4 Å². The van der Waals surface area contributed by atoms with E-state index >= 15 is 0 Å². The number of rotatable bonds is 6. The normalized spacial score (nSPS) is 13.4. The van der Waals surface area contributed by atoms with Crippen molar-refractivity contribution >= 4 is 39.6 Å². The molecule has 5 rings (SSSR count). The molecule has 1 heterocycles. The van der Waals surface area contributed by atoms with Crippen molar-refractivity contribution in [2.75, 3.05) is 7.05 Å². The maximum atomic E-state index is 12.7. The van der Waals surface area contributed by atoms with Crippen LogP contribution >= 0.6 is 23.1 Å². The van der Waals surface area contributed by atoms with Gasteiger partial charge in [0.25, 0.3) is 5.56 Å². The van der Waals surface area contributed by atoms with Crippen LogP contribution in [0.2, 0.25) is 5.02 Å². The van der Waals surface area contributed by atoms with E-state index in [1.807, 2.05) is 52.5 Å². The number of amides is 1. The predicted octanol–water partition coefficient (Wildman–Crippen LogP) is 6.44. The topological polar surface area (TPSA) is 60.3 Å². The van der Waals surface area contributed by atoms with Gasteiger partial charge in [-0.3, -0.25) is 13.5 Å². The Morgan fingerprint density at radius 2 is 1.79 bits per heavy atom. The molecule has 0 spiro atoms. The molecule has 5 nitrogen and oxygen atoms in total. The summed E-state index contributed by atoms with van der Waals surface area (Å²) in [5, 5.41) is 3.78. The molecule has 1 amide bonds. The van der Waals surface area contributed by atoms with Crippen LogP contribution < -0.4 is 15.6 Å². The van der Waals surface area contributed by atoms with Crippen LogP contribution in [0.1, 0.15) is 37.3 Å². The zero-order chi connectivity index (χ0) is 23.9. The molecule has 176 valence electrons. The van der Waals surface area contributed by atoms with Gasteiger partial charge in [0.2, 0.25) is 6.41 Å². The van der Waals surface area contributed by atoms with Crippen molar-refractivity contribution in [2.24, 2.45) is 0 Å². The summed E-state index contributed by atoms with van der Waals surface area (Å²) >= 11 is 7.57. The van der Waals surface area contributed by atoms with Crippen molar-refractivity contribution in [3.05, 3.63) is 87.7 Å². The van der Waals surface area contributed by atoms with Crippen LogP contribution in [0.15, 0.2) is 71.5 Å². The van der Waals surface area contributed by atoms with Crippen LogP contribution in [0.3, 0.4) is 0 Å². The first-order chi connectivity index (χ1) is 16.6. The largest absolute Gasteiger partial charge is 0.489 e. The molecule has 1 fully saturated rings. The summed E-state index contributed by atoms with van der Waals surface area (Å²) in [4.78, 5) is 21.8. The quantitative estimate of drug-likeness (QED) is 0.314. The zero-order valence-corrected chi connectivity index (χ0v) is 20.6. The third-order valence-corrected chi connectivity index (χ3v) is 7.31. The van der Waals surface area contributed by atoms with Gasteiger partial charge in [-0.05, 0) is 65.9 Å². The molecule has 1 aliphatic carbocycles. The van der Waals surface area contributed by atoms with Crippen LogP contribution in [-0.4, -0.2) is 17.4 Å². The molecular formula is C27H27ClN2O3S. The van der Waals surface area contributed by atoms with Crippen molar-refractivity contribution in [3.63, 3.8) is 0 Å². The van der Waals surface area contributed by atoms with Gasteiger partial charge in [-0.2, -0.15) is 0 Å². The molecule has 3 aromatic carbocycles. The fourth-order valence-corrected chi connectivity index (χ4v) is 5.44. The molecule has 1 N–H and O–H groups in total. The summed E-state index contributed by atoms with van der Waals surface area (Å²) in [6.07, 6.45) is 5.28. The van der Waals surface area contributed by atoms with Gasteiger partial charge in [0, 0.05) is 18.1 Å². The number of carbonyl (C=O) groups excluding carboxylic acids is 1. The summed E-state index contributed by atoms with van der Waals surface area (Å²) in [6.45, 7) is 0.477. The van der Waals surface area contributed by atoms with E-state index in [9.17, 15) is 4.79 Å². The summed E-state index contributed by atoms with van der Waals surface area (Å²) in [5.41, 5.74) is 3.50. The summed E-state index contributed by atoms with van der Waals surface area (Å²) in [5.74, 6) is 0.791. The van der Waals surface area contributed by atoms with Crippen molar-refractivity contribution in [1.82, 2.24) is 9.27 Å². The smallest absolute Gasteiger partial charge is 0.268 e. The lowest BCUT2D eigenvalue weighted by Gasteiger charge is -2.08. The van der Waals surface area contributed by atoms with Crippen molar-refractivity contribution in [1.29, 1.82) is 0 Å². The van der Waals surface area contributed by atoms with E-state index in [1.54, 1.807) is 18.6 Å². The molecule has 0 atom stereocenters. The lowest BCUT2D eigenvalue weighted by Crippen LogP contribution is -2.16. The Morgan fingerprint density at radius 3 is 2.50 bits per heavy atom. The van der Waals surface area contributed by atoms with E-state index in [-0.39, 0.29) is 5.56 Å². The molecule has 1 aliphatic rings. The Hall–Kier alpha value is -3.09. The van der Waals surface area contributed by atoms with Gasteiger partial charge in [0.05, 0.1) is 10.1 Å². The minimum absolute atomic E-state index is 0.143. The van der Waals surface area contributed by atoms with Crippen LogP contribution in [-0.2, 0) is 11.4 Å². The van der Waals surface area contributed by atoms with Crippen LogP contribution in [0.4, 0.5) is 0 Å². The number of halogens is 1. The average molecular weight is 495 g/mol. The summed E-state index contributed by atoms with van der Waals surface area (Å²) < 4.78 is 9.03. The highest BCUT2D eigenvalue weighted by Gasteiger charge is 2.21. The summed E-state index contributed by atoms with van der Waals surface area (Å²) in [7, 11) is 1.56. The number of nitrogens with zero attached hydrogens (tertiary/aromatic N) is 1. The number of fused-ring (bicyclic) bond motifs is 1. The predicted molar refractivity (Wildman–Crippen MR) is 140 cm³/mol. The summed E-state index contributed by atoms with van der Waals surface area (Å²) in [6, 6.07) is 22.3. The Labute approximate surface area is 208 Å². The number of carbonyl (C=O) groups is 1. The van der Waals surface area contributed by atoms with Crippen LogP contribution in [0, 0.1) is 0 Å². The first kappa shape index (κ1) is 24.0. The number of benzene rings is 3. The maximum absolute atomic E-state index is 12.7. The zero-order valence-electron chi connectivity index (χ0n) is 19.0. The van der Waals surface area contributed by atoms with Gasteiger partial charge in [0.1, 0.15) is 12.4 Å². The van der Waals surface area contributed by atoms with Crippen molar-refractivity contribution in [2.45, 2.75) is 38.3 Å². The molecule has 0 bridgehead atoms. The van der Waals surface area contributed by atoms with Gasteiger partial charge in [-0.1, -0.05) is 66.3 Å². The lowest BCUT2D eigenvalue weighted by atomic mass is 10.0. The minimum Gasteiger partial charge on any atom is -0.489 e. The maximum Gasteiger partial charge on any atom is 0.268 e. The van der Waals surface area contributed by atoms with Gasteiger partial charge < -0.3 is 10.1 Å². The first-order valence-electron chi connectivity index (χ1n) is 11.3. The Kier molecular flexibility index (Phi) is 8.03. The Balaban J connectivity index is 0.000000636. The third kappa shape index (κ3) is 5.69. The fourth-order valence-electron chi connectivity index (χ4n) is 4.14. The van der Waals surface area contributed by atoms with E-state index < -0.39 is 0 Å². The van der Waals surface area contributed by atoms with Gasteiger partial charge >= 0.3 is 0 Å². The molecule has 7 heteroatoms. The van der Waals surface area contributed by atoms with E-state index in [1.165, 1.54) is 12.8 Å². The van der Waals surface area contributed by atoms with Gasteiger partial charge in [0.15, 0.2) is 0 Å². The molecule has 4 aromatic rings. The third-order valence-electron chi connectivity index (χ3n) is 5.86. The fraction of sp³-hybridized carbons (Fsp3) is 0.259. The van der Waals surface area contributed by atoms with Crippen molar-refractivity contribution < 1.29 is 9.53 Å². The number of hydrogen-bond acceptors (Lipinski definition) is 4. The number of ether oxygens (including phenoxy) is 1. The second-order valence-corrected chi connectivity index (χ2v) is 9.67. The number of hydrogen-bond donors (Lipinski definition) is 1. The van der Waals surface area contributed by atoms with E-state index in [2.05, 4.69) is 23.5 Å².